The average molecular weight is 246 g/mol. The Kier molecular flexibility index (Phi) is 3.19. The van der Waals surface area contributed by atoms with Gasteiger partial charge < -0.3 is 15.4 Å². The third-order valence-electron chi connectivity index (χ3n) is 3.67. The molecule has 0 bridgehead atoms. The summed E-state index contributed by atoms with van der Waals surface area (Å²) in [7, 11) is 0. The van der Waals surface area contributed by atoms with Gasteiger partial charge in [-0.05, 0) is 18.1 Å². The van der Waals surface area contributed by atoms with E-state index in [1.807, 2.05) is 12.1 Å². The van der Waals surface area contributed by atoms with E-state index < -0.39 is 0 Å². The second kappa shape index (κ2) is 4.98. The van der Waals surface area contributed by atoms with Gasteiger partial charge in [0.25, 0.3) is 0 Å². The minimum absolute atomic E-state index is 0.133. The number of rotatable bonds is 3. The maximum atomic E-state index is 12.0. The number of para-hydroxylation sites is 1. The van der Waals surface area contributed by atoms with Gasteiger partial charge in [0.2, 0.25) is 5.91 Å². The van der Waals surface area contributed by atoms with Gasteiger partial charge in [-0.3, -0.25) is 4.79 Å². The van der Waals surface area contributed by atoms with Crippen LogP contribution < -0.4 is 10.6 Å². The van der Waals surface area contributed by atoms with Gasteiger partial charge in [0.1, 0.15) is 0 Å². The molecule has 0 aromatic heterocycles. The highest BCUT2D eigenvalue weighted by Gasteiger charge is 2.25. The molecule has 0 aliphatic carbocycles. The maximum absolute atomic E-state index is 12.0. The van der Waals surface area contributed by atoms with E-state index in [0.717, 1.165) is 19.6 Å². The molecule has 1 aromatic carbocycles. The average Bonchev–Trinajstić information content (AvgIpc) is 3.00. The van der Waals surface area contributed by atoms with E-state index in [0.29, 0.717) is 18.9 Å². The lowest BCUT2D eigenvalue weighted by molar-refractivity contribution is -0.122. The van der Waals surface area contributed by atoms with Crippen LogP contribution in [0.3, 0.4) is 0 Å². The standard InChI is InChI=1S/C14H18N2O2/c17-14(16-11-5-6-18-9-11)7-10-8-15-13-4-2-1-3-12(10)13/h1-4,10-11,15H,5-9H2,(H,16,17). The second-order valence-electron chi connectivity index (χ2n) is 5.00. The zero-order valence-electron chi connectivity index (χ0n) is 10.3. The first kappa shape index (κ1) is 11.5. The molecule has 0 saturated carbocycles. The predicted molar refractivity (Wildman–Crippen MR) is 69.7 cm³/mol. The SMILES string of the molecule is O=C(CC1CNc2ccccc21)NC1CCOC1. The minimum atomic E-state index is 0.133. The highest BCUT2D eigenvalue weighted by molar-refractivity contribution is 5.78. The van der Waals surface area contributed by atoms with Gasteiger partial charge >= 0.3 is 0 Å². The van der Waals surface area contributed by atoms with Crippen molar-refractivity contribution in [1.82, 2.24) is 5.32 Å². The van der Waals surface area contributed by atoms with E-state index >= 15 is 0 Å². The molecular formula is C14H18N2O2. The molecule has 1 saturated heterocycles. The number of hydrogen-bond donors (Lipinski definition) is 2. The Labute approximate surface area is 107 Å². The molecule has 1 aromatic rings. The van der Waals surface area contributed by atoms with Gasteiger partial charge in [-0.1, -0.05) is 18.2 Å². The summed E-state index contributed by atoms with van der Waals surface area (Å²) in [5, 5.41) is 6.39. The Morgan fingerprint density at radius 2 is 2.33 bits per heavy atom. The number of anilines is 1. The topological polar surface area (TPSA) is 50.4 Å². The largest absolute Gasteiger partial charge is 0.384 e. The summed E-state index contributed by atoms with van der Waals surface area (Å²) in [5.74, 6) is 0.428. The van der Waals surface area contributed by atoms with Crippen LogP contribution in [0.4, 0.5) is 5.69 Å². The Bertz CT molecular complexity index is 441. The third kappa shape index (κ3) is 2.34. The number of carbonyl (C=O) groups excluding carboxylic acids is 1. The predicted octanol–water partition coefficient (Wildman–Crippen LogP) is 1.49. The van der Waals surface area contributed by atoms with Crippen molar-refractivity contribution in [2.45, 2.75) is 24.8 Å². The summed E-state index contributed by atoms with van der Waals surface area (Å²) < 4.78 is 5.26. The Balaban J connectivity index is 1.58. The quantitative estimate of drug-likeness (QED) is 0.849. The van der Waals surface area contributed by atoms with Crippen LogP contribution in [0.25, 0.3) is 0 Å². The van der Waals surface area contributed by atoms with E-state index in [9.17, 15) is 4.79 Å². The Morgan fingerprint density at radius 1 is 1.44 bits per heavy atom. The molecule has 0 radical (unpaired) electrons. The number of fused-ring (bicyclic) bond motifs is 1. The molecule has 2 heterocycles. The van der Waals surface area contributed by atoms with Crippen LogP contribution in [0.15, 0.2) is 24.3 Å². The van der Waals surface area contributed by atoms with Crippen molar-refractivity contribution in [3.05, 3.63) is 29.8 Å². The van der Waals surface area contributed by atoms with Gasteiger partial charge in [-0.15, -0.1) is 0 Å². The summed E-state index contributed by atoms with van der Waals surface area (Å²) in [6.45, 7) is 2.28. The normalized spacial score (nSPS) is 25.6. The molecule has 2 atom stereocenters. The highest BCUT2D eigenvalue weighted by Crippen LogP contribution is 2.33. The van der Waals surface area contributed by atoms with Crippen LogP contribution in [0.5, 0.6) is 0 Å². The Morgan fingerprint density at radius 3 is 3.17 bits per heavy atom. The summed E-state index contributed by atoms with van der Waals surface area (Å²) in [6.07, 6.45) is 1.49. The molecule has 2 aliphatic heterocycles. The fourth-order valence-corrected chi connectivity index (χ4v) is 2.70. The van der Waals surface area contributed by atoms with Gasteiger partial charge in [-0.2, -0.15) is 0 Å². The van der Waals surface area contributed by atoms with Crippen molar-refractivity contribution in [3.63, 3.8) is 0 Å². The summed E-state index contributed by atoms with van der Waals surface area (Å²) in [4.78, 5) is 12.0. The van der Waals surface area contributed by atoms with Gasteiger partial charge in [0.05, 0.1) is 12.6 Å². The van der Waals surface area contributed by atoms with Crippen molar-refractivity contribution in [1.29, 1.82) is 0 Å². The van der Waals surface area contributed by atoms with Crippen LogP contribution >= 0.6 is 0 Å². The van der Waals surface area contributed by atoms with Crippen molar-refractivity contribution < 1.29 is 9.53 Å². The van der Waals surface area contributed by atoms with E-state index in [1.54, 1.807) is 0 Å². The fraction of sp³-hybridized carbons (Fsp3) is 0.500. The van der Waals surface area contributed by atoms with E-state index in [1.165, 1.54) is 11.3 Å². The number of amides is 1. The number of ether oxygens (including phenoxy) is 1. The van der Waals surface area contributed by atoms with Gasteiger partial charge in [0.15, 0.2) is 0 Å². The zero-order valence-corrected chi connectivity index (χ0v) is 10.3. The van der Waals surface area contributed by atoms with Crippen LogP contribution in [0, 0.1) is 0 Å². The van der Waals surface area contributed by atoms with Crippen LogP contribution in [-0.4, -0.2) is 31.7 Å². The summed E-state index contributed by atoms with van der Waals surface area (Å²) >= 11 is 0. The number of carbonyl (C=O) groups is 1. The lowest BCUT2D eigenvalue weighted by atomic mass is 9.97. The van der Waals surface area contributed by atoms with E-state index in [4.69, 9.17) is 4.74 Å². The molecule has 2 N–H and O–H groups in total. The molecule has 2 unspecified atom stereocenters. The van der Waals surface area contributed by atoms with Crippen LogP contribution in [0.2, 0.25) is 0 Å². The zero-order chi connectivity index (χ0) is 12.4. The smallest absolute Gasteiger partial charge is 0.220 e. The molecule has 96 valence electrons. The monoisotopic (exact) mass is 246 g/mol. The minimum Gasteiger partial charge on any atom is -0.384 e. The van der Waals surface area contributed by atoms with E-state index in [-0.39, 0.29) is 11.9 Å². The fourth-order valence-electron chi connectivity index (χ4n) is 2.70. The molecule has 4 nitrogen and oxygen atoms in total. The summed E-state index contributed by atoms with van der Waals surface area (Å²) in [6, 6.07) is 8.43. The number of hydrogen-bond acceptors (Lipinski definition) is 3. The third-order valence-corrected chi connectivity index (χ3v) is 3.67. The molecule has 4 heteroatoms. The van der Waals surface area contributed by atoms with Gasteiger partial charge in [0, 0.05) is 31.2 Å². The molecule has 3 rings (SSSR count). The first-order valence-electron chi connectivity index (χ1n) is 6.53. The summed E-state index contributed by atoms with van der Waals surface area (Å²) in [5.41, 5.74) is 2.43. The lowest BCUT2D eigenvalue weighted by Crippen LogP contribution is -2.35. The molecule has 1 amide bonds. The molecule has 18 heavy (non-hydrogen) atoms. The second-order valence-corrected chi connectivity index (χ2v) is 5.00. The maximum Gasteiger partial charge on any atom is 0.220 e. The van der Waals surface area contributed by atoms with Crippen molar-refractivity contribution in [3.8, 4) is 0 Å². The van der Waals surface area contributed by atoms with Crippen LogP contribution in [-0.2, 0) is 9.53 Å². The number of nitrogens with one attached hydrogen (secondary N) is 2. The Hall–Kier alpha value is -1.55. The van der Waals surface area contributed by atoms with Crippen molar-refractivity contribution >= 4 is 11.6 Å². The van der Waals surface area contributed by atoms with Crippen molar-refractivity contribution in [2.75, 3.05) is 25.1 Å². The molecule has 1 fully saturated rings. The van der Waals surface area contributed by atoms with Crippen molar-refractivity contribution in [2.24, 2.45) is 0 Å². The van der Waals surface area contributed by atoms with Crippen LogP contribution in [0.1, 0.15) is 24.3 Å². The first-order chi connectivity index (χ1) is 8.83. The first-order valence-corrected chi connectivity index (χ1v) is 6.53. The van der Waals surface area contributed by atoms with Gasteiger partial charge in [-0.25, -0.2) is 0 Å². The lowest BCUT2D eigenvalue weighted by Gasteiger charge is -2.13. The van der Waals surface area contributed by atoms with E-state index in [2.05, 4.69) is 22.8 Å². The molecule has 0 spiro atoms. The molecular weight excluding hydrogens is 228 g/mol. The highest BCUT2D eigenvalue weighted by atomic mass is 16.5. The molecule has 2 aliphatic rings. The number of benzene rings is 1.